The lowest BCUT2D eigenvalue weighted by Gasteiger charge is -2.10. The van der Waals surface area contributed by atoms with Crippen molar-refractivity contribution in [2.45, 2.75) is 0 Å². The lowest BCUT2D eigenvalue weighted by molar-refractivity contribution is 0.475. The van der Waals surface area contributed by atoms with Gasteiger partial charge in [0.25, 0.3) is 0 Å². The summed E-state index contributed by atoms with van der Waals surface area (Å²) < 4.78 is 0. The summed E-state index contributed by atoms with van der Waals surface area (Å²) in [5.74, 6) is 0.238. The van der Waals surface area contributed by atoms with Gasteiger partial charge >= 0.3 is 0 Å². The topological polar surface area (TPSA) is 82.1 Å². The van der Waals surface area contributed by atoms with Crippen LogP contribution in [0, 0.1) is 5.41 Å². The van der Waals surface area contributed by atoms with Crippen molar-refractivity contribution in [1.29, 1.82) is 5.41 Å². The summed E-state index contributed by atoms with van der Waals surface area (Å²) in [6, 6.07) is 14.0. The number of anilines is 2. The zero-order valence-corrected chi connectivity index (χ0v) is 9.14. The smallest absolute Gasteiger partial charge is 0.124 e. The summed E-state index contributed by atoms with van der Waals surface area (Å²) in [5.41, 5.74) is 7.75. The third kappa shape index (κ3) is 2.55. The standard InChI is InChI=1S/C13H13N3O/c14-13(15)11-3-1-2-4-12(11)16-9-5-7-10(17)8-6-9/h1-8,16-17H,(H3,14,15). The van der Waals surface area contributed by atoms with Crippen LogP contribution in [0.15, 0.2) is 48.5 Å². The molecule has 0 radical (unpaired) electrons. The van der Waals surface area contributed by atoms with E-state index in [4.69, 9.17) is 11.1 Å². The van der Waals surface area contributed by atoms with Gasteiger partial charge in [0.15, 0.2) is 0 Å². The van der Waals surface area contributed by atoms with Gasteiger partial charge in [-0.3, -0.25) is 5.41 Å². The van der Waals surface area contributed by atoms with E-state index < -0.39 is 0 Å². The quantitative estimate of drug-likeness (QED) is 0.369. The second-order valence-electron chi connectivity index (χ2n) is 3.63. The van der Waals surface area contributed by atoms with Crippen LogP contribution in [0.2, 0.25) is 0 Å². The third-order valence-corrected chi connectivity index (χ3v) is 2.36. The van der Waals surface area contributed by atoms with E-state index in [0.29, 0.717) is 5.56 Å². The summed E-state index contributed by atoms with van der Waals surface area (Å²) in [6.07, 6.45) is 0. The second kappa shape index (κ2) is 4.57. The van der Waals surface area contributed by atoms with E-state index in [-0.39, 0.29) is 11.6 Å². The first kappa shape index (κ1) is 11.0. The number of rotatable bonds is 3. The fraction of sp³-hybridized carbons (Fsp3) is 0. The molecule has 0 heterocycles. The molecule has 4 heteroatoms. The van der Waals surface area contributed by atoms with Gasteiger partial charge in [-0.15, -0.1) is 0 Å². The highest BCUT2D eigenvalue weighted by Crippen LogP contribution is 2.22. The molecule has 0 saturated carbocycles. The Balaban J connectivity index is 2.30. The van der Waals surface area contributed by atoms with Crippen molar-refractivity contribution < 1.29 is 5.11 Å². The number of nitrogen functional groups attached to an aromatic ring is 1. The lowest BCUT2D eigenvalue weighted by Crippen LogP contribution is -2.13. The van der Waals surface area contributed by atoms with E-state index in [9.17, 15) is 5.11 Å². The van der Waals surface area contributed by atoms with Crippen molar-refractivity contribution in [3.05, 3.63) is 54.1 Å². The maximum atomic E-state index is 9.18. The highest BCUT2D eigenvalue weighted by atomic mass is 16.3. The summed E-state index contributed by atoms with van der Waals surface area (Å²) in [6.45, 7) is 0. The van der Waals surface area contributed by atoms with Crippen molar-refractivity contribution in [2.24, 2.45) is 5.73 Å². The predicted molar refractivity (Wildman–Crippen MR) is 68.8 cm³/mol. The van der Waals surface area contributed by atoms with E-state index in [2.05, 4.69) is 5.32 Å². The number of hydrogen-bond acceptors (Lipinski definition) is 3. The fourth-order valence-corrected chi connectivity index (χ4v) is 1.53. The van der Waals surface area contributed by atoms with Crippen molar-refractivity contribution >= 4 is 17.2 Å². The van der Waals surface area contributed by atoms with E-state index in [1.54, 1.807) is 30.3 Å². The van der Waals surface area contributed by atoms with Gasteiger partial charge in [-0.05, 0) is 36.4 Å². The second-order valence-corrected chi connectivity index (χ2v) is 3.63. The molecule has 0 aromatic heterocycles. The van der Waals surface area contributed by atoms with Crippen LogP contribution in [0.4, 0.5) is 11.4 Å². The Bertz CT molecular complexity index is 535. The molecule has 0 saturated heterocycles. The summed E-state index contributed by atoms with van der Waals surface area (Å²) in [4.78, 5) is 0. The van der Waals surface area contributed by atoms with Gasteiger partial charge in [0.1, 0.15) is 11.6 Å². The molecule has 0 spiro atoms. The van der Waals surface area contributed by atoms with E-state index >= 15 is 0 Å². The molecule has 0 aliphatic carbocycles. The van der Waals surface area contributed by atoms with Gasteiger partial charge in [-0.1, -0.05) is 12.1 Å². The molecule has 0 unspecified atom stereocenters. The summed E-state index contributed by atoms with van der Waals surface area (Å²) >= 11 is 0. The molecule has 17 heavy (non-hydrogen) atoms. The van der Waals surface area contributed by atoms with Crippen LogP contribution in [-0.4, -0.2) is 10.9 Å². The van der Waals surface area contributed by atoms with Gasteiger partial charge in [0, 0.05) is 16.9 Å². The minimum absolute atomic E-state index is 0.0203. The first-order chi connectivity index (χ1) is 8.16. The number of phenolic OH excluding ortho intramolecular Hbond substituents is 1. The number of hydrogen-bond donors (Lipinski definition) is 4. The Morgan fingerprint density at radius 3 is 2.35 bits per heavy atom. The SMILES string of the molecule is N=C(N)c1ccccc1Nc1ccc(O)cc1. The van der Waals surface area contributed by atoms with Gasteiger partial charge < -0.3 is 16.2 Å². The zero-order chi connectivity index (χ0) is 12.3. The number of para-hydroxylation sites is 1. The van der Waals surface area contributed by atoms with Gasteiger partial charge in [-0.25, -0.2) is 0 Å². The van der Waals surface area contributed by atoms with E-state index in [1.807, 2.05) is 18.2 Å². The maximum absolute atomic E-state index is 9.18. The van der Waals surface area contributed by atoms with Gasteiger partial charge in [-0.2, -0.15) is 0 Å². The average Bonchev–Trinajstić information content (AvgIpc) is 2.32. The molecule has 2 rings (SSSR count). The van der Waals surface area contributed by atoms with E-state index in [1.165, 1.54) is 0 Å². The normalized spacial score (nSPS) is 9.88. The van der Waals surface area contributed by atoms with Crippen LogP contribution < -0.4 is 11.1 Å². The van der Waals surface area contributed by atoms with Crippen LogP contribution in [-0.2, 0) is 0 Å². The Hall–Kier alpha value is -2.49. The molecule has 0 aliphatic heterocycles. The van der Waals surface area contributed by atoms with Crippen LogP contribution >= 0.6 is 0 Å². The van der Waals surface area contributed by atoms with E-state index in [0.717, 1.165) is 11.4 Å². The maximum Gasteiger partial charge on any atom is 0.124 e. The van der Waals surface area contributed by atoms with Gasteiger partial charge in [0.2, 0.25) is 0 Å². The number of nitrogens with one attached hydrogen (secondary N) is 2. The highest BCUT2D eigenvalue weighted by Gasteiger charge is 2.04. The predicted octanol–water partition coefficient (Wildman–Crippen LogP) is 2.42. The number of phenols is 1. The lowest BCUT2D eigenvalue weighted by atomic mass is 10.1. The third-order valence-electron chi connectivity index (χ3n) is 2.36. The number of nitrogens with two attached hydrogens (primary N) is 1. The molecule has 0 fully saturated rings. The molecular formula is C13H13N3O. The fourth-order valence-electron chi connectivity index (χ4n) is 1.53. The molecule has 5 N–H and O–H groups in total. The molecule has 2 aromatic rings. The minimum Gasteiger partial charge on any atom is -0.508 e. The van der Waals surface area contributed by atoms with Crippen molar-refractivity contribution in [2.75, 3.05) is 5.32 Å². The molecule has 2 aromatic carbocycles. The van der Waals surface area contributed by atoms with Crippen molar-refractivity contribution in [3.63, 3.8) is 0 Å². The molecule has 0 amide bonds. The molecular weight excluding hydrogens is 214 g/mol. The Kier molecular flexibility index (Phi) is 2.96. The average molecular weight is 227 g/mol. The number of amidine groups is 1. The van der Waals surface area contributed by atoms with Crippen LogP contribution in [0.25, 0.3) is 0 Å². The molecule has 4 nitrogen and oxygen atoms in total. The largest absolute Gasteiger partial charge is 0.508 e. The molecule has 0 aliphatic rings. The Morgan fingerprint density at radius 2 is 1.71 bits per heavy atom. The first-order valence-electron chi connectivity index (χ1n) is 5.16. The number of aromatic hydroxyl groups is 1. The van der Waals surface area contributed by atoms with Gasteiger partial charge in [0.05, 0.1) is 0 Å². The zero-order valence-electron chi connectivity index (χ0n) is 9.14. The molecule has 0 bridgehead atoms. The summed E-state index contributed by atoms with van der Waals surface area (Å²) in [7, 11) is 0. The van der Waals surface area contributed by atoms with Crippen LogP contribution in [0.5, 0.6) is 5.75 Å². The molecule has 0 atom stereocenters. The minimum atomic E-state index is 0.0203. The van der Waals surface area contributed by atoms with Crippen LogP contribution in [0.1, 0.15) is 5.56 Å². The van der Waals surface area contributed by atoms with Crippen LogP contribution in [0.3, 0.4) is 0 Å². The Labute approximate surface area is 99.2 Å². The molecule has 86 valence electrons. The van der Waals surface area contributed by atoms with Crippen molar-refractivity contribution in [1.82, 2.24) is 0 Å². The number of benzene rings is 2. The first-order valence-corrected chi connectivity index (χ1v) is 5.16. The monoisotopic (exact) mass is 227 g/mol. The highest BCUT2D eigenvalue weighted by molar-refractivity contribution is 6.00. The summed E-state index contributed by atoms with van der Waals surface area (Å²) in [5, 5.41) is 19.8. The van der Waals surface area contributed by atoms with Crippen molar-refractivity contribution in [3.8, 4) is 5.75 Å². The Morgan fingerprint density at radius 1 is 1.06 bits per heavy atom.